The molecule has 30 heavy (non-hydrogen) atoms. The first kappa shape index (κ1) is 22.5. The summed E-state index contributed by atoms with van der Waals surface area (Å²) >= 11 is 0. The molecule has 8 nitrogen and oxygen atoms in total. The number of carbonyl (C=O) groups excluding carboxylic acids is 1. The van der Waals surface area contributed by atoms with Crippen molar-refractivity contribution in [3.8, 4) is 0 Å². The number of benzene rings is 1. The lowest BCUT2D eigenvalue weighted by Crippen LogP contribution is -2.42. The molecule has 2 fully saturated rings. The Balaban J connectivity index is 1.41. The molecule has 4 N–H and O–H groups in total. The van der Waals surface area contributed by atoms with Gasteiger partial charge in [0.05, 0.1) is 19.8 Å². The number of amides is 1. The molecule has 0 aliphatic carbocycles. The number of likely N-dealkylation sites (tertiary alicyclic amines) is 1. The normalized spacial score (nSPS) is 21.0. The van der Waals surface area contributed by atoms with Crippen molar-refractivity contribution in [3.05, 3.63) is 29.8 Å². The molecule has 1 amide bonds. The van der Waals surface area contributed by atoms with Gasteiger partial charge in [0.25, 0.3) is 0 Å². The van der Waals surface area contributed by atoms with Crippen molar-refractivity contribution < 1.29 is 9.53 Å². The van der Waals surface area contributed by atoms with Gasteiger partial charge in [-0.05, 0) is 43.6 Å². The highest BCUT2D eigenvalue weighted by atomic mass is 16.5. The summed E-state index contributed by atoms with van der Waals surface area (Å²) < 4.78 is 5.34. The van der Waals surface area contributed by atoms with Gasteiger partial charge < -0.3 is 21.1 Å². The lowest BCUT2D eigenvalue weighted by Gasteiger charge is -2.26. The first-order valence-corrected chi connectivity index (χ1v) is 11.1. The van der Waals surface area contributed by atoms with Crippen LogP contribution in [0.4, 0.5) is 5.69 Å². The fourth-order valence-corrected chi connectivity index (χ4v) is 4.05. The van der Waals surface area contributed by atoms with E-state index < -0.39 is 0 Å². The maximum absolute atomic E-state index is 12.3. The molecule has 2 aliphatic rings. The largest absolute Gasteiger partial charge is 0.379 e. The fourth-order valence-electron chi connectivity index (χ4n) is 4.05. The van der Waals surface area contributed by atoms with Crippen LogP contribution >= 0.6 is 0 Å². The van der Waals surface area contributed by atoms with Crippen molar-refractivity contribution in [2.45, 2.75) is 38.8 Å². The number of hydrogen-bond donors (Lipinski definition) is 3. The van der Waals surface area contributed by atoms with Gasteiger partial charge >= 0.3 is 0 Å². The molecule has 2 saturated heterocycles. The molecule has 0 bridgehead atoms. The molecule has 2 aliphatic heterocycles. The summed E-state index contributed by atoms with van der Waals surface area (Å²) in [5.41, 5.74) is 7.87. The number of hydrogen-bond acceptors (Lipinski definition) is 5. The predicted molar refractivity (Wildman–Crippen MR) is 121 cm³/mol. The Hall–Kier alpha value is -2.16. The zero-order chi connectivity index (χ0) is 21.2. The van der Waals surface area contributed by atoms with Gasteiger partial charge in [-0.15, -0.1) is 0 Å². The van der Waals surface area contributed by atoms with Crippen LogP contribution in [0, 0.1) is 0 Å². The number of nitrogens with two attached hydrogens (primary N) is 1. The smallest absolute Gasteiger partial charge is 0.225 e. The SMILES string of the molecule is CCN1CCCC1CNC(N)=NCc1cccc(NC(=O)CCN2CCOCC2)c1. The van der Waals surface area contributed by atoms with Crippen LogP contribution in [0.2, 0.25) is 0 Å². The Labute approximate surface area is 179 Å². The van der Waals surface area contributed by atoms with E-state index in [9.17, 15) is 4.79 Å². The van der Waals surface area contributed by atoms with Gasteiger partial charge in [-0.25, -0.2) is 4.99 Å². The van der Waals surface area contributed by atoms with Crippen LogP contribution in [0.25, 0.3) is 0 Å². The van der Waals surface area contributed by atoms with Gasteiger partial charge in [0, 0.05) is 44.3 Å². The number of morpholine rings is 1. The number of anilines is 1. The topological polar surface area (TPSA) is 95.2 Å². The zero-order valence-corrected chi connectivity index (χ0v) is 18.1. The van der Waals surface area contributed by atoms with E-state index in [1.807, 2.05) is 24.3 Å². The predicted octanol–water partition coefficient (Wildman–Crippen LogP) is 1.24. The van der Waals surface area contributed by atoms with E-state index in [4.69, 9.17) is 10.5 Å². The highest BCUT2D eigenvalue weighted by molar-refractivity contribution is 5.90. The third kappa shape index (κ3) is 7.27. The third-order valence-electron chi connectivity index (χ3n) is 5.83. The Morgan fingerprint density at radius 3 is 2.93 bits per heavy atom. The van der Waals surface area contributed by atoms with Crippen LogP contribution < -0.4 is 16.4 Å². The van der Waals surface area contributed by atoms with Crippen LogP contribution in [-0.4, -0.2) is 80.2 Å². The summed E-state index contributed by atoms with van der Waals surface area (Å²) in [5, 5.41) is 6.24. The number of nitrogens with one attached hydrogen (secondary N) is 2. The van der Waals surface area contributed by atoms with Gasteiger partial charge in [0.15, 0.2) is 5.96 Å². The summed E-state index contributed by atoms with van der Waals surface area (Å²) in [6.07, 6.45) is 2.94. The maximum Gasteiger partial charge on any atom is 0.225 e. The van der Waals surface area contributed by atoms with E-state index in [1.165, 1.54) is 19.4 Å². The number of carbonyl (C=O) groups is 1. The lowest BCUT2D eigenvalue weighted by molar-refractivity contribution is -0.116. The Bertz CT molecular complexity index is 705. The standard InChI is InChI=1S/C22H36N6O2/c1-2-28-9-4-7-20(28)17-25-22(23)24-16-18-5-3-6-19(15-18)26-21(29)8-10-27-11-13-30-14-12-27/h3,5-6,15,20H,2,4,7-14,16-17H2,1H3,(H,26,29)(H3,23,24,25). The van der Waals surface area contributed by atoms with Crippen LogP contribution in [-0.2, 0) is 16.1 Å². The highest BCUT2D eigenvalue weighted by Crippen LogP contribution is 2.15. The Kier molecular flexibility index (Phi) is 8.92. The number of rotatable bonds is 9. The Morgan fingerprint density at radius 2 is 2.13 bits per heavy atom. The molecule has 3 rings (SSSR count). The summed E-state index contributed by atoms with van der Waals surface area (Å²) in [6.45, 7) is 9.82. The minimum Gasteiger partial charge on any atom is -0.379 e. The van der Waals surface area contributed by atoms with Gasteiger partial charge in [-0.1, -0.05) is 19.1 Å². The first-order valence-electron chi connectivity index (χ1n) is 11.1. The Morgan fingerprint density at radius 1 is 1.30 bits per heavy atom. The van der Waals surface area contributed by atoms with Crippen molar-refractivity contribution in [3.63, 3.8) is 0 Å². The van der Waals surface area contributed by atoms with Crippen LogP contribution in [0.1, 0.15) is 31.7 Å². The fraction of sp³-hybridized carbons (Fsp3) is 0.636. The number of ether oxygens (including phenoxy) is 1. The number of nitrogens with zero attached hydrogens (tertiary/aromatic N) is 3. The van der Waals surface area contributed by atoms with Crippen LogP contribution in [0.5, 0.6) is 0 Å². The molecule has 0 aromatic heterocycles. The summed E-state index contributed by atoms with van der Waals surface area (Å²) in [4.78, 5) is 21.5. The number of likely N-dealkylation sites (N-methyl/N-ethyl adjacent to an activating group) is 1. The number of guanidine groups is 1. The summed E-state index contributed by atoms with van der Waals surface area (Å²) in [6, 6.07) is 8.33. The molecule has 1 aromatic rings. The monoisotopic (exact) mass is 416 g/mol. The van der Waals surface area contributed by atoms with Crippen molar-refractivity contribution in [2.24, 2.45) is 10.7 Å². The molecule has 2 heterocycles. The second kappa shape index (κ2) is 11.9. The minimum absolute atomic E-state index is 0.0281. The molecule has 0 radical (unpaired) electrons. The summed E-state index contributed by atoms with van der Waals surface area (Å²) in [7, 11) is 0. The van der Waals surface area contributed by atoms with Crippen molar-refractivity contribution in [2.75, 3.05) is 57.8 Å². The molecule has 1 aromatic carbocycles. The van der Waals surface area contributed by atoms with E-state index in [0.29, 0.717) is 25.0 Å². The molecular formula is C22H36N6O2. The number of aliphatic imine (C=N–C) groups is 1. The molecule has 0 spiro atoms. The third-order valence-corrected chi connectivity index (χ3v) is 5.83. The van der Waals surface area contributed by atoms with E-state index >= 15 is 0 Å². The van der Waals surface area contributed by atoms with E-state index in [-0.39, 0.29) is 5.91 Å². The van der Waals surface area contributed by atoms with Crippen molar-refractivity contribution in [1.29, 1.82) is 0 Å². The van der Waals surface area contributed by atoms with E-state index in [0.717, 1.165) is 57.2 Å². The molecular weight excluding hydrogens is 380 g/mol. The molecule has 166 valence electrons. The average Bonchev–Trinajstić information content (AvgIpc) is 3.23. The lowest BCUT2D eigenvalue weighted by atomic mass is 10.2. The quantitative estimate of drug-likeness (QED) is 0.414. The first-order chi connectivity index (χ1) is 14.6. The van der Waals surface area contributed by atoms with E-state index in [2.05, 4.69) is 32.3 Å². The van der Waals surface area contributed by atoms with Crippen molar-refractivity contribution in [1.82, 2.24) is 15.1 Å². The van der Waals surface area contributed by atoms with Crippen LogP contribution in [0.15, 0.2) is 29.3 Å². The molecule has 1 unspecified atom stereocenters. The zero-order valence-electron chi connectivity index (χ0n) is 18.1. The van der Waals surface area contributed by atoms with Gasteiger partial charge in [-0.2, -0.15) is 0 Å². The van der Waals surface area contributed by atoms with Gasteiger partial charge in [0.1, 0.15) is 0 Å². The summed E-state index contributed by atoms with van der Waals surface area (Å²) in [5.74, 6) is 0.498. The molecule has 1 atom stereocenters. The maximum atomic E-state index is 12.3. The van der Waals surface area contributed by atoms with E-state index in [1.54, 1.807) is 0 Å². The van der Waals surface area contributed by atoms with Gasteiger partial charge in [-0.3, -0.25) is 14.6 Å². The van der Waals surface area contributed by atoms with Gasteiger partial charge in [0.2, 0.25) is 5.91 Å². The minimum atomic E-state index is 0.0281. The second-order valence-corrected chi connectivity index (χ2v) is 7.96. The molecule has 8 heteroatoms. The average molecular weight is 417 g/mol. The van der Waals surface area contributed by atoms with Crippen molar-refractivity contribution >= 4 is 17.6 Å². The highest BCUT2D eigenvalue weighted by Gasteiger charge is 2.22. The molecule has 0 saturated carbocycles. The van der Waals surface area contributed by atoms with Crippen LogP contribution in [0.3, 0.4) is 0 Å². The second-order valence-electron chi connectivity index (χ2n) is 7.96.